The van der Waals surface area contributed by atoms with Crippen molar-refractivity contribution in [2.75, 3.05) is 13.1 Å². The van der Waals surface area contributed by atoms with Gasteiger partial charge >= 0.3 is 6.03 Å². The molecule has 0 spiro atoms. The van der Waals surface area contributed by atoms with Crippen LogP contribution in [0.5, 0.6) is 0 Å². The lowest BCUT2D eigenvalue weighted by atomic mass is 9.53. The van der Waals surface area contributed by atoms with Crippen LogP contribution in [0.2, 0.25) is 0 Å². The smallest absolute Gasteiger partial charge is 0.315 e. The van der Waals surface area contributed by atoms with E-state index in [-0.39, 0.29) is 17.1 Å². The molecule has 4 aliphatic carbocycles. The largest absolute Gasteiger partial charge is 0.333 e. The second-order valence-electron chi connectivity index (χ2n) is 10.9. The molecular weight excluding hydrogens is 322 g/mol. The van der Waals surface area contributed by atoms with Crippen LogP contribution in [0.15, 0.2) is 0 Å². The third kappa shape index (κ3) is 4.05. The standard InChI is InChI=1S/C22H39N3O/c1-15(19-4-6-23-7-5-19)11-21(2,3)24-20(26)25-22-12-16-8-17(13-22)10-18(9-16)14-22/h15-19,23H,4-14H2,1-3H3,(H2,24,25,26). The molecular formula is C22H39N3O. The Morgan fingerprint density at radius 2 is 1.62 bits per heavy atom. The highest BCUT2D eigenvalue weighted by molar-refractivity contribution is 5.75. The van der Waals surface area contributed by atoms with Crippen molar-refractivity contribution in [3.05, 3.63) is 0 Å². The zero-order chi connectivity index (χ0) is 18.4. The van der Waals surface area contributed by atoms with E-state index < -0.39 is 0 Å². The third-order valence-electron chi connectivity index (χ3n) is 7.89. The van der Waals surface area contributed by atoms with Gasteiger partial charge in [0, 0.05) is 11.1 Å². The number of amides is 2. The first-order valence-electron chi connectivity index (χ1n) is 11.1. The van der Waals surface area contributed by atoms with Gasteiger partial charge in [0.15, 0.2) is 0 Å². The van der Waals surface area contributed by atoms with E-state index in [2.05, 4.69) is 36.7 Å². The predicted molar refractivity (Wildman–Crippen MR) is 106 cm³/mol. The van der Waals surface area contributed by atoms with E-state index >= 15 is 0 Å². The van der Waals surface area contributed by atoms with Crippen molar-refractivity contribution < 1.29 is 4.79 Å². The zero-order valence-electron chi connectivity index (χ0n) is 17.1. The average molecular weight is 362 g/mol. The molecule has 4 saturated carbocycles. The summed E-state index contributed by atoms with van der Waals surface area (Å²) in [4.78, 5) is 12.9. The second kappa shape index (κ2) is 7.00. The SMILES string of the molecule is CC(CC(C)(C)NC(=O)NC12CC3CC(CC(C3)C1)C2)C1CCNCC1. The molecule has 1 aliphatic heterocycles. The van der Waals surface area contributed by atoms with Gasteiger partial charge in [-0.15, -0.1) is 0 Å². The number of nitrogens with one attached hydrogen (secondary N) is 3. The van der Waals surface area contributed by atoms with E-state index in [0.29, 0.717) is 5.92 Å². The fraction of sp³-hybridized carbons (Fsp3) is 0.955. The van der Waals surface area contributed by atoms with Crippen molar-refractivity contribution >= 4 is 6.03 Å². The molecule has 1 saturated heterocycles. The minimum atomic E-state index is -0.142. The average Bonchev–Trinajstić information content (AvgIpc) is 2.52. The highest BCUT2D eigenvalue weighted by Crippen LogP contribution is 2.55. The summed E-state index contributed by atoms with van der Waals surface area (Å²) in [6.45, 7) is 9.06. The molecule has 4 nitrogen and oxygen atoms in total. The molecule has 5 aliphatic rings. The minimum absolute atomic E-state index is 0.0782. The van der Waals surface area contributed by atoms with Crippen LogP contribution < -0.4 is 16.0 Å². The molecule has 2 amide bonds. The van der Waals surface area contributed by atoms with Crippen LogP contribution in [0.3, 0.4) is 0 Å². The second-order valence-corrected chi connectivity index (χ2v) is 10.9. The molecule has 5 fully saturated rings. The van der Waals surface area contributed by atoms with Crippen molar-refractivity contribution in [3.8, 4) is 0 Å². The highest BCUT2D eigenvalue weighted by Gasteiger charge is 2.51. The lowest BCUT2D eigenvalue weighted by Crippen LogP contribution is -2.63. The van der Waals surface area contributed by atoms with Crippen molar-refractivity contribution in [1.82, 2.24) is 16.0 Å². The predicted octanol–water partition coefficient (Wildman–Crippen LogP) is 4.06. The Hall–Kier alpha value is -0.770. The van der Waals surface area contributed by atoms with E-state index in [4.69, 9.17) is 0 Å². The summed E-state index contributed by atoms with van der Waals surface area (Å²) in [7, 11) is 0. The van der Waals surface area contributed by atoms with Crippen LogP contribution in [0, 0.1) is 29.6 Å². The number of hydrogen-bond donors (Lipinski definition) is 3. The van der Waals surface area contributed by atoms with E-state index in [0.717, 1.165) is 43.2 Å². The number of urea groups is 1. The number of rotatable bonds is 5. The number of piperidine rings is 1. The third-order valence-corrected chi connectivity index (χ3v) is 7.89. The molecule has 3 N–H and O–H groups in total. The highest BCUT2D eigenvalue weighted by atomic mass is 16.2. The van der Waals surface area contributed by atoms with Gasteiger partial charge in [0.05, 0.1) is 0 Å². The van der Waals surface area contributed by atoms with Crippen LogP contribution in [0.25, 0.3) is 0 Å². The van der Waals surface area contributed by atoms with Crippen molar-refractivity contribution in [1.29, 1.82) is 0 Å². The Morgan fingerprint density at radius 1 is 1.08 bits per heavy atom. The van der Waals surface area contributed by atoms with E-state index in [9.17, 15) is 4.79 Å². The Balaban J connectivity index is 1.31. The van der Waals surface area contributed by atoms with Gasteiger partial charge in [0.1, 0.15) is 0 Å². The maximum absolute atomic E-state index is 12.9. The summed E-state index contributed by atoms with van der Waals surface area (Å²) in [5.41, 5.74) is -0.0355. The van der Waals surface area contributed by atoms with Crippen molar-refractivity contribution in [3.63, 3.8) is 0 Å². The maximum Gasteiger partial charge on any atom is 0.315 e. The number of carbonyl (C=O) groups excluding carboxylic acids is 1. The van der Waals surface area contributed by atoms with Gasteiger partial charge in [0.25, 0.3) is 0 Å². The maximum atomic E-state index is 12.9. The van der Waals surface area contributed by atoms with Crippen molar-refractivity contribution in [2.45, 2.75) is 89.6 Å². The molecule has 0 aromatic carbocycles. The Kier molecular flexibility index (Phi) is 5.00. The number of hydrogen-bond acceptors (Lipinski definition) is 2. The first-order valence-corrected chi connectivity index (χ1v) is 11.1. The first-order chi connectivity index (χ1) is 12.3. The molecule has 26 heavy (non-hydrogen) atoms. The van der Waals surface area contributed by atoms with E-state index in [1.54, 1.807) is 0 Å². The van der Waals surface area contributed by atoms with Gasteiger partial charge < -0.3 is 16.0 Å². The monoisotopic (exact) mass is 361 g/mol. The normalized spacial score (nSPS) is 38.2. The van der Waals surface area contributed by atoms with Crippen LogP contribution in [-0.4, -0.2) is 30.2 Å². The quantitative estimate of drug-likeness (QED) is 0.692. The molecule has 1 unspecified atom stereocenters. The lowest BCUT2D eigenvalue weighted by Gasteiger charge is -2.57. The number of carbonyl (C=O) groups is 1. The van der Waals surface area contributed by atoms with Crippen LogP contribution >= 0.6 is 0 Å². The van der Waals surface area contributed by atoms with E-state index in [1.807, 2.05) is 0 Å². The molecule has 0 aromatic rings. The van der Waals surface area contributed by atoms with Gasteiger partial charge in [-0.2, -0.15) is 0 Å². The van der Waals surface area contributed by atoms with Crippen LogP contribution in [0.1, 0.15) is 78.6 Å². The summed E-state index contributed by atoms with van der Waals surface area (Å²) in [6, 6.07) is 0.0782. The van der Waals surface area contributed by atoms with E-state index in [1.165, 1.54) is 51.4 Å². The zero-order valence-corrected chi connectivity index (χ0v) is 17.1. The molecule has 4 heteroatoms. The molecule has 0 radical (unpaired) electrons. The van der Waals surface area contributed by atoms with Gasteiger partial charge in [0.2, 0.25) is 0 Å². The van der Waals surface area contributed by atoms with Gasteiger partial charge in [-0.25, -0.2) is 4.79 Å². The molecule has 5 rings (SSSR count). The topological polar surface area (TPSA) is 53.2 Å². The van der Waals surface area contributed by atoms with Gasteiger partial charge in [-0.3, -0.25) is 0 Å². The minimum Gasteiger partial charge on any atom is -0.333 e. The lowest BCUT2D eigenvalue weighted by molar-refractivity contribution is -0.0139. The first kappa shape index (κ1) is 18.6. The summed E-state index contributed by atoms with van der Waals surface area (Å²) >= 11 is 0. The van der Waals surface area contributed by atoms with Crippen LogP contribution in [0.4, 0.5) is 4.79 Å². The molecule has 1 heterocycles. The Morgan fingerprint density at radius 3 is 2.15 bits per heavy atom. The summed E-state index contributed by atoms with van der Waals surface area (Å²) in [6.07, 6.45) is 11.5. The summed E-state index contributed by atoms with van der Waals surface area (Å²) < 4.78 is 0. The summed E-state index contributed by atoms with van der Waals surface area (Å²) in [5.74, 6) is 4.06. The van der Waals surface area contributed by atoms with Gasteiger partial charge in [-0.1, -0.05) is 6.92 Å². The Bertz CT molecular complexity index is 488. The molecule has 0 aromatic heterocycles. The fourth-order valence-electron chi connectivity index (χ4n) is 7.28. The van der Waals surface area contributed by atoms with Gasteiger partial charge in [-0.05, 0) is 114 Å². The Labute approximate surface area is 159 Å². The van der Waals surface area contributed by atoms with Crippen molar-refractivity contribution in [2.24, 2.45) is 29.6 Å². The summed E-state index contributed by atoms with van der Waals surface area (Å²) in [5, 5.41) is 10.3. The van der Waals surface area contributed by atoms with Crippen LogP contribution in [-0.2, 0) is 0 Å². The molecule has 1 atom stereocenters. The fourth-order valence-corrected chi connectivity index (χ4v) is 7.28. The molecule has 4 bridgehead atoms. The molecule has 148 valence electrons.